The summed E-state index contributed by atoms with van der Waals surface area (Å²) in [6, 6.07) is 12.9. The molecule has 1 atom stereocenters. The van der Waals surface area contributed by atoms with E-state index >= 15 is 0 Å². The summed E-state index contributed by atoms with van der Waals surface area (Å²) in [5.41, 5.74) is 3.34. The van der Waals surface area contributed by atoms with Gasteiger partial charge in [0.25, 0.3) is 0 Å². The van der Waals surface area contributed by atoms with Gasteiger partial charge in [0.2, 0.25) is 0 Å². The van der Waals surface area contributed by atoms with Gasteiger partial charge in [0.1, 0.15) is 11.5 Å². The Hall–Kier alpha value is -1.96. The highest BCUT2D eigenvalue weighted by atomic mass is 16.3. The third-order valence-corrected chi connectivity index (χ3v) is 4.02. The van der Waals surface area contributed by atoms with Gasteiger partial charge < -0.3 is 10.2 Å². The van der Waals surface area contributed by atoms with Crippen molar-refractivity contribution in [2.24, 2.45) is 0 Å². The molecule has 0 aliphatic carbocycles. The van der Waals surface area contributed by atoms with Crippen LogP contribution in [-0.2, 0) is 5.41 Å². The zero-order valence-corrected chi connectivity index (χ0v) is 11.6. The van der Waals surface area contributed by atoms with Gasteiger partial charge >= 0.3 is 0 Å². The Balaban J connectivity index is 2.56. The zero-order valence-electron chi connectivity index (χ0n) is 11.6. The van der Waals surface area contributed by atoms with Crippen LogP contribution in [0, 0.1) is 6.92 Å². The third-order valence-electron chi connectivity index (χ3n) is 4.02. The Morgan fingerprint density at radius 3 is 2.05 bits per heavy atom. The second-order valence-corrected chi connectivity index (χ2v) is 5.23. The molecule has 0 heterocycles. The molecule has 0 bridgehead atoms. The molecule has 1 unspecified atom stereocenters. The first-order chi connectivity index (χ1) is 8.97. The van der Waals surface area contributed by atoms with Crippen molar-refractivity contribution in [3.8, 4) is 11.5 Å². The van der Waals surface area contributed by atoms with E-state index in [0.717, 1.165) is 12.0 Å². The Morgan fingerprint density at radius 1 is 0.947 bits per heavy atom. The maximum Gasteiger partial charge on any atom is 0.115 e. The normalized spacial score (nSPS) is 14.1. The van der Waals surface area contributed by atoms with E-state index in [2.05, 4.69) is 13.8 Å². The second kappa shape index (κ2) is 4.96. The molecule has 0 aliphatic rings. The van der Waals surface area contributed by atoms with Crippen molar-refractivity contribution in [2.75, 3.05) is 0 Å². The second-order valence-electron chi connectivity index (χ2n) is 5.23. The summed E-state index contributed by atoms with van der Waals surface area (Å²) >= 11 is 0. The van der Waals surface area contributed by atoms with Crippen molar-refractivity contribution in [1.82, 2.24) is 0 Å². The molecule has 0 aromatic heterocycles. The van der Waals surface area contributed by atoms with E-state index in [1.807, 2.05) is 25.1 Å². The number of benzene rings is 2. The van der Waals surface area contributed by atoms with Crippen LogP contribution in [0.1, 0.15) is 37.0 Å². The van der Waals surface area contributed by atoms with E-state index in [0.29, 0.717) is 5.75 Å². The minimum absolute atomic E-state index is 0.120. The summed E-state index contributed by atoms with van der Waals surface area (Å²) in [5, 5.41) is 19.0. The molecule has 100 valence electrons. The number of hydrogen-bond donors (Lipinski definition) is 2. The maximum atomic E-state index is 9.55. The van der Waals surface area contributed by atoms with Crippen molar-refractivity contribution in [3.05, 3.63) is 59.2 Å². The van der Waals surface area contributed by atoms with Gasteiger partial charge in [-0.05, 0) is 54.3 Å². The van der Waals surface area contributed by atoms with Gasteiger partial charge in [0.15, 0.2) is 0 Å². The SMILES string of the molecule is CCC(C)(c1ccc(O)cc1)c1ccc(O)cc1C. The van der Waals surface area contributed by atoms with E-state index in [9.17, 15) is 10.2 Å². The number of rotatable bonds is 3. The summed E-state index contributed by atoms with van der Waals surface area (Å²) in [6.45, 7) is 6.36. The Bertz CT molecular complexity index is 572. The average molecular weight is 256 g/mol. The summed E-state index contributed by atoms with van der Waals surface area (Å²) < 4.78 is 0. The smallest absolute Gasteiger partial charge is 0.115 e. The van der Waals surface area contributed by atoms with Gasteiger partial charge in [-0.3, -0.25) is 0 Å². The summed E-state index contributed by atoms with van der Waals surface area (Å²) in [7, 11) is 0. The minimum atomic E-state index is -0.120. The highest BCUT2D eigenvalue weighted by molar-refractivity contribution is 5.46. The zero-order chi connectivity index (χ0) is 14.0. The number of phenols is 2. The third kappa shape index (κ3) is 2.43. The fourth-order valence-electron chi connectivity index (χ4n) is 2.65. The lowest BCUT2D eigenvalue weighted by atomic mass is 9.72. The standard InChI is InChI=1S/C17H20O2/c1-4-17(3,13-5-7-14(18)8-6-13)16-10-9-15(19)11-12(16)2/h5-11,18-19H,4H2,1-3H3. The topological polar surface area (TPSA) is 40.5 Å². The van der Waals surface area contributed by atoms with Crippen LogP contribution in [0.4, 0.5) is 0 Å². The van der Waals surface area contributed by atoms with E-state index in [-0.39, 0.29) is 11.2 Å². The molecule has 0 radical (unpaired) electrons. The van der Waals surface area contributed by atoms with Crippen LogP contribution < -0.4 is 0 Å². The molecular weight excluding hydrogens is 236 g/mol. The lowest BCUT2D eigenvalue weighted by Gasteiger charge is -2.31. The summed E-state index contributed by atoms with van der Waals surface area (Å²) in [6.07, 6.45) is 0.948. The molecular formula is C17H20O2. The van der Waals surface area contributed by atoms with Crippen LogP contribution in [0.3, 0.4) is 0 Å². The van der Waals surface area contributed by atoms with Crippen LogP contribution in [-0.4, -0.2) is 10.2 Å². The van der Waals surface area contributed by atoms with Crippen LogP contribution >= 0.6 is 0 Å². The summed E-state index contributed by atoms with van der Waals surface area (Å²) in [4.78, 5) is 0. The predicted molar refractivity (Wildman–Crippen MR) is 77.7 cm³/mol. The van der Waals surface area contributed by atoms with E-state index in [1.165, 1.54) is 11.1 Å². The molecule has 0 spiro atoms. The van der Waals surface area contributed by atoms with Gasteiger partial charge in [-0.2, -0.15) is 0 Å². The van der Waals surface area contributed by atoms with Gasteiger partial charge in [-0.1, -0.05) is 32.0 Å². The van der Waals surface area contributed by atoms with Crippen molar-refractivity contribution in [3.63, 3.8) is 0 Å². The molecule has 2 N–H and O–H groups in total. The largest absolute Gasteiger partial charge is 0.508 e. The van der Waals surface area contributed by atoms with Gasteiger partial charge in [-0.25, -0.2) is 0 Å². The van der Waals surface area contributed by atoms with E-state index in [4.69, 9.17) is 0 Å². The highest BCUT2D eigenvalue weighted by Crippen LogP contribution is 2.38. The molecule has 2 heteroatoms. The minimum Gasteiger partial charge on any atom is -0.508 e. The van der Waals surface area contributed by atoms with E-state index < -0.39 is 0 Å². The molecule has 0 fully saturated rings. The number of phenolic OH excluding ortho intramolecular Hbond substituents is 2. The van der Waals surface area contributed by atoms with Crippen LogP contribution in [0.5, 0.6) is 11.5 Å². The lowest BCUT2D eigenvalue weighted by molar-refractivity contribution is 0.471. The van der Waals surface area contributed by atoms with Gasteiger partial charge in [0.05, 0.1) is 0 Å². The van der Waals surface area contributed by atoms with Crippen molar-refractivity contribution < 1.29 is 10.2 Å². The lowest BCUT2D eigenvalue weighted by Crippen LogP contribution is -2.23. The van der Waals surface area contributed by atoms with Crippen LogP contribution in [0.25, 0.3) is 0 Å². The van der Waals surface area contributed by atoms with Gasteiger partial charge in [0, 0.05) is 5.41 Å². The number of aromatic hydroxyl groups is 2. The van der Waals surface area contributed by atoms with E-state index in [1.54, 1.807) is 24.3 Å². The van der Waals surface area contributed by atoms with Crippen molar-refractivity contribution in [2.45, 2.75) is 32.6 Å². The molecule has 2 nitrogen and oxygen atoms in total. The fraction of sp³-hybridized carbons (Fsp3) is 0.294. The molecule has 19 heavy (non-hydrogen) atoms. The molecule has 0 saturated heterocycles. The Labute approximate surface area is 114 Å². The first kappa shape index (κ1) is 13.5. The molecule has 0 saturated carbocycles. The maximum absolute atomic E-state index is 9.55. The molecule has 2 aromatic rings. The first-order valence-electron chi connectivity index (χ1n) is 6.57. The number of hydrogen-bond acceptors (Lipinski definition) is 2. The Morgan fingerprint density at radius 2 is 1.53 bits per heavy atom. The molecule has 0 aliphatic heterocycles. The van der Waals surface area contributed by atoms with Gasteiger partial charge in [-0.15, -0.1) is 0 Å². The summed E-state index contributed by atoms with van der Waals surface area (Å²) in [5.74, 6) is 0.579. The molecule has 2 rings (SSSR count). The molecule has 0 amide bonds. The van der Waals surface area contributed by atoms with Crippen LogP contribution in [0.2, 0.25) is 0 Å². The number of aryl methyl sites for hydroxylation is 1. The quantitative estimate of drug-likeness (QED) is 0.867. The highest BCUT2D eigenvalue weighted by Gasteiger charge is 2.28. The fourth-order valence-corrected chi connectivity index (χ4v) is 2.65. The Kier molecular flexibility index (Phi) is 3.52. The predicted octanol–water partition coefficient (Wildman–Crippen LogP) is 4.12. The first-order valence-corrected chi connectivity index (χ1v) is 6.57. The van der Waals surface area contributed by atoms with Crippen molar-refractivity contribution in [1.29, 1.82) is 0 Å². The monoisotopic (exact) mass is 256 g/mol. The average Bonchev–Trinajstić information content (AvgIpc) is 2.38. The van der Waals surface area contributed by atoms with Crippen LogP contribution in [0.15, 0.2) is 42.5 Å². The van der Waals surface area contributed by atoms with Crippen molar-refractivity contribution >= 4 is 0 Å². The molecule has 2 aromatic carbocycles.